The minimum absolute atomic E-state index is 0.120. The summed E-state index contributed by atoms with van der Waals surface area (Å²) in [6.07, 6.45) is 3.35. The van der Waals surface area contributed by atoms with Gasteiger partial charge in [0, 0.05) is 24.7 Å². The molecule has 1 amide bonds. The fraction of sp³-hybridized carbons (Fsp3) is 0.500. The van der Waals surface area contributed by atoms with Crippen molar-refractivity contribution in [2.75, 3.05) is 18.8 Å². The molecule has 1 N–H and O–H groups in total. The van der Waals surface area contributed by atoms with E-state index in [0.717, 1.165) is 43.1 Å². The highest BCUT2D eigenvalue weighted by Gasteiger charge is 2.31. The summed E-state index contributed by atoms with van der Waals surface area (Å²) in [4.78, 5) is 26.8. The Morgan fingerprint density at radius 2 is 1.92 bits per heavy atom. The lowest BCUT2D eigenvalue weighted by Gasteiger charge is -2.19. The third kappa shape index (κ3) is 5.44. The van der Waals surface area contributed by atoms with Gasteiger partial charge in [-0.25, -0.2) is 0 Å². The Bertz CT molecular complexity index is 628. The van der Waals surface area contributed by atoms with Gasteiger partial charge < -0.3 is 15.0 Å². The molecule has 0 bridgehead atoms. The Morgan fingerprint density at radius 1 is 1.24 bits per heavy atom. The van der Waals surface area contributed by atoms with Gasteiger partial charge in [0.25, 0.3) is 5.91 Å². The summed E-state index contributed by atoms with van der Waals surface area (Å²) in [6.45, 7) is 1.91. The molecule has 1 heterocycles. The van der Waals surface area contributed by atoms with E-state index < -0.39 is 12.1 Å². The molecule has 1 aromatic carbocycles. The number of amides is 1. The topological polar surface area (TPSA) is 58.6 Å². The molecule has 7 heteroatoms. The van der Waals surface area contributed by atoms with Crippen LogP contribution in [0.2, 0.25) is 0 Å². The average molecular weight is 379 g/mol. The first kappa shape index (κ1) is 18.2. The van der Waals surface area contributed by atoms with Crippen LogP contribution in [0.25, 0.3) is 0 Å². The number of rotatable bonds is 6. The van der Waals surface area contributed by atoms with Crippen LogP contribution in [0.5, 0.6) is 0 Å². The maximum atomic E-state index is 12.4. The zero-order valence-corrected chi connectivity index (χ0v) is 15.6. The molecule has 1 aliphatic heterocycles. The Kier molecular flexibility index (Phi) is 6.31. The summed E-state index contributed by atoms with van der Waals surface area (Å²) >= 11 is 6.67. The number of carbonyl (C=O) groups is 2. The van der Waals surface area contributed by atoms with E-state index in [2.05, 4.69) is 10.2 Å². The van der Waals surface area contributed by atoms with E-state index in [1.54, 1.807) is 12.1 Å². The number of nitrogens with zero attached hydrogens (tertiary/aromatic N) is 1. The van der Waals surface area contributed by atoms with Crippen molar-refractivity contribution < 1.29 is 14.3 Å². The molecule has 1 saturated carbocycles. The second-order valence-corrected chi connectivity index (χ2v) is 7.92. The van der Waals surface area contributed by atoms with Crippen molar-refractivity contribution >= 4 is 40.2 Å². The molecule has 0 unspecified atom stereocenters. The number of carbonyl (C=O) groups excluding carboxylic acids is 2. The first-order chi connectivity index (χ1) is 12.1. The maximum Gasteiger partial charge on any atom is 0.317 e. The fourth-order valence-corrected chi connectivity index (χ4v) is 3.72. The van der Waals surface area contributed by atoms with Crippen LogP contribution in [0.3, 0.4) is 0 Å². The van der Waals surface area contributed by atoms with Crippen LogP contribution < -0.4 is 5.32 Å². The Balaban J connectivity index is 1.55. The van der Waals surface area contributed by atoms with Gasteiger partial charge in [-0.15, -0.1) is 0 Å². The number of nitrogens with one attached hydrogen (secondary N) is 1. The third-order valence-electron chi connectivity index (χ3n) is 4.19. The highest BCUT2D eigenvalue weighted by atomic mass is 32.2. The van der Waals surface area contributed by atoms with Crippen molar-refractivity contribution in [1.82, 2.24) is 10.2 Å². The van der Waals surface area contributed by atoms with Gasteiger partial charge in [-0.2, -0.15) is 0 Å². The van der Waals surface area contributed by atoms with Crippen LogP contribution in [0, 0.1) is 0 Å². The van der Waals surface area contributed by atoms with Gasteiger partial charge in [0.1, 0.15) is 4.32 Å². The van der Waals surface area contributed by atoms with Gasteiger partial charge in [0.15, 0.2) is 0 Å². The Labute approximate surface area is 157 Å². The normalized spacial score (nSPS) is 17.8. The molecule has 0 radical (unpaired) electrons. The van der Waals surface area contributed by atoms with Crippen LogP contribution in [-0.2, 0) is 14.3 Å². The number of esters is 1. The van der Waals surface area contributed by atoms with E-state index in [1.165, 1.54) is 11.8 Å². The SMILES string of the molecule is O=C(CSC(=S)N1CCCC1)O[C@H](C(=O)NC1CC1)c1ccccc1. The Morgan fingerprint density at radius 3 is 2.56 bits per heavy atom. The number of hydrogen-bond donors (Lipinski definition) is 1. The first-order valence-corrected chi connectivity index (χ1v) is 9.99. The van der Waals surface area contributed by atoms with Crippen LogP contribution in [0.4, 0.5) is 0 Å². The monoisotopic (exact) mass is 378 g/mol. The van der Waals surface area contributed by atoms with Crippen molar-refractivity contribution in [1.29, 1.82) is 0 Å². The predicted octanol–water partition coefficient (Wildman–Crippen LogP) is 2.66. The molecular formula is C18H22N2O3S2. The van der Waals surface area contributed by atoms with E-state index in [0.29, 0.717) is 5.56 Å². The van der Waals surface area contributed by atoms with E-state index in [4.69, 9.17) is 17.0 Å². The van der Waals surface area contributed by atoms with Crippen molar-refractivity contribution in [3.8, 4) is 0 Å². The molecule has 1 saturated heterocycles. The second kappa shape index (κ2) is 8.67. The van der Waals surface area contributed by atoms with Gasteiger partial charge in [0.05, 0.1) is 5.75 Å². The summed E-state index contributed by atoms with van der Waals surface area (Å²) in [7, 11) is 0. The standard InChI is InChI=1S/C18H22N2O3S2/c21-15(12-25-18(24)20-10-4-5-11-20)23-16(13-6-2-1-3-7-13)17(22)19-14-8-9-14/h1-3,6-7,14,16H,4-5,8-12H2,(H,19,22)/t16-/m0/s1. The van der Waals surface area contributed by atoms with Gasteiger partial charge in [-0.3, -0.25) is 9.59 Å². The quantitative estimate of drug-likeness (QED) is 0.607. The molecule has 2 fully saturated rings. The average Bonchev–Trinajstić information content (AvgIpc) is 3.26. The first-order valence-electron chi connectivity index (χ1n) is 8.60. The zero-order chi connectivity index (χ0) is 17.6. The summed E-state index contributed by atoms with van der Waals surface area (Å²) in [5.74, 6) is -0.560. The minimum atomic E-state index is -0.907. The number of likely N-dealkylation sites (tertiary alicyclic amines) is 1. The van der Waals surface area contributed by atoms with Crippen molar-refractivity contribution in [2.45, 2.75) is 37.8 Å². The van der Waals surface area contributed by atoms with Crippen LogP contribution in [0.1, 0.15) is 37.4 Å². The van der Waals surface area contributed by atoms with E-state index in [1.807, 2.05) is 18.2 Å². The summed E-state index contributed by atoms with van der Waals surface area (Å²) in [5, 5.41) is 2.91. The number of ether oxygens (including phenoxy) is 1. The summed E-state index contributed by atoms with van der Waals surface area (Å²) in [6, 6.07) is 9.34. The van der Waals surface area contributed by atoms with Crippen LogP contribution in [-0.4, -0.2) is 46.0 Å². The lowest BCUT2D eigenvalue weighted by atomic mass is 10.1. The predicted molar refractivity (Wildman–Crippen MR) is 102 cm³/mol. The number of hydrogen-bond acceptors (Lipinski definition) is 5. The molecule has 1 atom stereocenters. The molecule has 0 aromatic heterocycles. The number of thioether (sulfide) groups is 1. The highest BCUT2D eigenvalue weighted by molar-refractivity contribution is 8.23. The lowest BCUT2D eigenvalue weighted by Crippen LogP contribution is -2.34. The zero-order valence-electron chi connectivity index (χ0n) is 14.0. The molecule has 1 aliphatic carbocycles. The van der Waals surface area contributed by atoms with Gasteiger partial charge in [-0.1, -0.05) is 54.3 Å². The fourth-order valence-electron chi connectivity index (χ4n) is 2.68. The Hall–Kier alpha value is -1.60. The molecule has 0 spiro atoms. The largest absolute Gasteiger partial charge is 0.447 e. The minimum Gasteiger partial charge on any atom is -0.447 e. The van der Waals surface area contributed by atoms with Crippen molar-refractivity contribution in [2.24, 2.45) is 0 Å². The smallest absolute Gasteiger partial charge is 0.317 e. The summed E-state index contributed by atoms with van der Waals surface area (Å²) < 4.78 is 6.22. The molecule has 25 heavy (non-hydrogen) atoms. The molecule has 3 rings (SSSR count). The van der Waals surface area contributed by atoms with Gasteiger partial charge in [0.2, 0.25) is 6.10 Å². The highest BCUT2D eigenvalue weighted by Crippen LogP contribution is 2.24. The van der Waals surface area contributed by atoms with Crippen LogP contribution >= 0.6 is 24.0 Å². The molecular weight excluding hydrogens is 356 g/mol. The molecule has 5 nitrogen and oxygen atoms in total. The molecule has 134 valence electrons. The van der Waals surface area contributed by atoms with Crippen LogP contribution in [0.15, 0.2) is 30.3 Å². The van der Waals surface area contributed by atoms with Crippen molar-refractivity contribution in [3.05, 3.63) is 35.9 Å². The summed E-state index contributed by atoms with van der Waals surface area (Å²) in [5.41, 5.74) is 0.682. The lowest BCUT2D eigenvalue weighted by molar-refractivity contribution is -0.154. The molecule has 2 aliphatic rings. The number of benzene rings is 1. The van der Waals surface area contributed by atoms with E-state index in [9.17, 15) is 9.59 Å². The second-order valence-electron chi connectivity index (χ2n) is 6.31. The van der Waals surface area contributed by atoms with Crippen molar-refractivity contribution in [3.63, 3.8) is 0 Å². The molecule has 1 aromatic rings. The third-order valence-corrected chi connectivity index (χ3v) is 5.69. The van der Waals surface area contributed by atoms with E-state index >= 15 is 0 Å². The van der Waals surface area contributed by atoms with Gasteiger partial charge in [-0.05, 0) is 25.7 Å². The van der Waals surface area contributed by atoms with E-state index in [-0.39, 0.29) is 17.7 Å². The number of thiocarbonyl (C=S) groups is 1. The maximum absolute atomic E-state index is 12.4. The van der Waals surface area contributed by atoms with Gasteiger partial charge >= 0.3 is 5.97 Å².